The van der Waals surface area contributed by atoms with Gasteiger partial charge in [-0.3, -0.25) is 19.2 Å². The molecule has 3 aromatic carbocycles. The standard InChI is InChI=1S/C50H64O9/c1-9-31(32-19-20-34-26-37(51)22-21-33(34)25-32)29-48(7,44(54)58-47(5,6)36-17-13-11-14-18-36)30-49(8,45(55)59-50(10-2)23-15-12-16-24-50)46(3,4)43(53)57-40-35-27-38-39(28-35)42(52)56-41(38)40/h11,13-14,17-22,25-26,31,35,38-41,51H,9-10,12,15-16,23-24,27-30H2,1-8H3. The quantitative estimate of drug-likeness (QED) is 0.118. The Hall–Kier alpha value is -4.40. The average Bonchev–Trinajstić information content (AvgIpc) is 3.86. The van der Waals surface area contributed by atoms with Crippen molar-refractivity contribution < 1.29 is 43.2 Å². The summed E-state index contributed by atoms with van der Waals surface area (Å²) in [6.45, 7) is 15.0. The lowest BCUT2D eigenvalue weighted by Crippen LogP contribution is -2.55. The fourth-order valence-corrected chi connectivity index (χ4v) is 11.0. The molecule has 3 aliphatic carbocycles. The van der Waals surface area contributed by atoms with Crippen molar-refractivity contribution in [2.45, 2.75) is 155 Å². The van der Waals surface area contributed by atoms with Gasteiger partial charge in [-0.25, -0.2) is 0 Å². The van der Waals surface area contributed by atoms with Gasteiger partial charge in [-0.05, 0) is 146 Å². The lowest BCUT2D eigenvalue weighted by atomic mass is 9.57. The van der Waals surface area contributed by atoms with Gasteiger partial charge in [0.1, 0.15) is 29.2 Å². The summed E-state index contributed by atoms with van der Waals surface area (Å²) in [5.74, 6) is -1.82. The largest absolute Gasteiger partial charge is 0.508 e. The van der Waals surface area contributed by atoms with Crippen LogP contribution in [0.3, 0.4) is 0 Å². The molecule has 3 aromatic rings. The Labute approximate surface area is 349 Å². The Morgan fingerprint density at radius 1 is 0.847 bits per heavy atom. The van der Waals surface area contributed by atoms with Gasteiger partial charge in [-0.1, -0.05) is 74.9 Å². The van der Waals surface area contributed by atoms with Crippen LogP contribution in [0, 0.1) is 34.0 Å². The van der Waals surface area contributed by atoms with Crippen LogP contribution in [0.2, 0.25) is 0 Å². The molecular weight excluding hydrogens is 745 g/mol. The van der Waals surface area contributed by atoms with Crippen LogP contribution in [0.25, 0.3) is 10.8 Å². The van der Waals surface area contributed by atoms with E-state index in [1.807, 2.05) is 76.2 Å². The smallest absolute Gasteiger partial charge is 0.313 e. The Morgan fingerprint density at radius 2 is 1.53 bits per heavy atom. The van der Waals surface area contributed by atoms with Crippen molar-refractivity contribution >= 4 is 34.6 Å². The number of esters is 4. The molecular formula is C50H64O9. The number of carbonyl (C=O) groups is 4. The maximum Gasteiger partial charge on any atom is 0.313 e. The minimum atomic E-state index is -1.57. The lowest BCUT2D eigenvalue weighted by Gasteiger charge is -2.48. The Bertz CT molecular complexity index is 2060. The van der Waals surface area contributed by atoms with Crippen LogP contribution in [0.5, 0.6) is 5.75 Å². The average molecular weight is 809 g/mol. The van der Waals surface area contributed by atoms with Crippen molar-refractivity contribution in [3.05, 3.63) is 77.9 Å². The van der Waals surface area contributed by atoms with Crippen molar-refractivity contribution in [1.82, 2.24) is 0 Å². The Morgan fingerprint density at radius 3 is 2.20 bits per heavy atom. The van der Waals surface area contributed by atoms with E-state index in [9.17, 15) is 14.7 Å². The van der Waals surface area contributed by atoms with Gasteiger partial charge in [0.25, 0.3) is 0 Å². The SMILES string of the molecule is CCC(CC(C)(CC(C)(C(=O)OC1(CC)CCCCC1)C(C)(C)C(=O)OC1C2CC3C(=O)OC1C3C2)C(=O)OC(C)(C)c1ccccc1)c1ccc2cc(O)ccc2c1. The van der Waals surface area contributed by atoms with Crippen molar-refractivity contribution in [1.29, 1.82) is 0 Å². The summed E-state index contributed by atoms with van der Waals surface area (Å²) in [6.07, 6.45) is 6.34. The molecule has 9 nitrogen and oxygen atoms in total. The zero-order valence-corrected chi connectivity index (χ0v) is 36.3. The van der Waals surface area contributed by atoms with Crippen molar-refractivity contribution in [3.8, 4) is 5.75 Å². The van der Waals surface area contributed by atoms with Crippen LogP contribution in [-0.4, -0.2) is 46.8 Å². The van der Waals surface area contributed by atoms with Crippen LogP contribution >= 0.6 is 0 Å². The summed E-state index contributed by atoms with van der Waals surface area (Å²) >= 11 is 0. The summed E-state index contributed by atoms with van der Waals surface area (Å²) in [5, 5.41) is 12.0. The topological polar surface area (TPSA) is 125 Å². The zero-order chi connectivity index (χ0) is 42.5. The number of aromatic hydroxyl groups is 1. The summed E-state index contributed by atoms with van der Waals surface area (Å²) in [5.41, 5.74) is -4.21. The molecule has 3 saturated carbocycles. The van der Waals surface area contributed by atoms with Crippen molar-refractivity contribution in [2.75, 3.05) is 0 Å². The second kappa shape index (κ2) is 15.9. The number of hydrogen-bond acceptors (Lipinski definition) is 9. The third kappa shape index (κ3) is 7.88. The molecule has 8 atom stereocenters. The van der Waals surface area contributed by atoms with E-state index in [0.717, 1.165) is 60.4 Å². The highest BCUT2D eigenvalue weighted by molar-refractivity contribution is 5.89. The van der Waals surface area contributed by atoms with E-state index in [4.69, 9.17) is 18.9 Å². The van der Waals surface area contributed by atoms with Gasteiger partial charge in [0, 0.05) is 11.8 Å². The number of carbonyl (C=O) groups excluding carboxylic acids is 4. The molecule has 1 saturated heterocycles. The minimum absolute atomic E-state index is 0.0155. The minimum Gasteiger partial charge on any atom is -0.508 e. The summed E-state index contributed by atoms with van der Waals surface area (Å²) in [6, 6.07) is 21.0. The molecule has 1 aliphatic heterocycles. The zero-order valence-electron chi connectivity index (χ0n) is 36.3. The van der Waals surface area contributed by atoms with Gasteiger partial charge in [0.15, 0.2) is 0 Å². The van der Waals surface area contributed by atoms with Crippen molar-refractivity contribution in [2.24, 2.45) is 34.0 Å². The molecule has 7 rings (SSSR count). The number of hydrogen-bond donors (Lipinski definition) is 1. The molecule has 1 N–H and O–H groups in total. The fraction of sp³-hybridized carbons (Fsp3) is 0.600. The van der Waals surface area contributed by atoms with E-state index in [1.165, 1.54) is 0 Å². The molecule has 0 aromatic heterocycles. The monoisotopic (exact) mass is 808 g/mol. The van der Waals surface area contributed by atoms with Crippen LogP contribution in [0.4, 0.5) is 0 Å². The summed E-state index contributed by atoms with van der Waals surface area (Å²) in [4.78, 5) is 58.0. The van der Waals surface area contributed by atoms with Gasteiger partial charge in [-0.15, -0.1) is 0 Å². The van der Waals surface area contributed by atoms with E-state index >= 15 is 9.59 Å². The predicted octanol–water partition coefficient (Wildman–Crippen LogP) is 10.5. The molecule has 318 valence electrons. The third-order valence-electron chi connectivity index (χ3n) is 15.3. The Balaban J connectivity index is 1.28. The van der Waals surface area contributed by atoms with Gasteiger partial charge in [0.05, 0.1) is 22.2 Å². The van der Waals surface area contributed by atoms with E-state index in [0.29, 0.717) is 25.7 Å². The van der Waals surface area contributed by atoms with Crippen LogP contribution < -0.4 is 0 Å². The number of rotatable bonds is 15. The molecule has 8 unspecified atom stereocenters. The second-order valence-corrected chi connectivity index (χ2v) is 19.8. The molecule has 0 spiro atoms. The van der Waals surface area contributed by atoms with Gasteiger partial charge in [0.2, 0.25) is 0 Å². The molecule has 59 heavy (non-hydrogen) atoms. The normalized spacial score (nSPS) is 26.0. The molecule has 4 fully saturated rings. The highest BCUT2D eigenvalue weighted by atomic mass is 16.6. The highest BCUT2D eigenvalue weighted by Crippen LogP contribution is 2.58. The van der Waals surface area contributed by atoms with Crippen molar-refractivity contribution in [3.63, 3.8) is 0 Å². The second-order valence-electron chi connectivity index (χ2n) is 19.8. The third-order valence-corrected chi connectivity index (χ3v) is 15.3. The van der Waals surface area contributed by atoms with E-state index < -0.39 is 57.6 Å². The van der Waals surface area contributed by atoms with Crippen LogP contribution in [-0.2, 0) is 43.7 Å². The molecule has 9 heteroatoms. The Kier molecular flexibility index (Phi) is 11.5. The summed E-state index contributed by atoms with van der Waals surface area (Å²) in [7, 11) is 0. The van der Waals surface area contributed by atoms with Crippen LogP contribution in [0.15, 0.2) is 66.7 Å². The number of benzene rings is 3. The first-order chi connectivity index (χ1) is 27.8. The van der Waals surface area contributed by atoms with E-state index in [1.54, 1.807) is 32.9 Å². The first kappa shape index (κ1) is 42.7. The number of phenolic OH excluding ortho intramolecular Hbond substituents is 1. The molecule has 2 bridgehead atoms. The highest BCUT2D eigenvalue weighted by Gasteiger charge is 2.65. The maximum absolute atomic E-state index is 15.3. The van der Waals surface area contributed by atoms with Gasteiger partial charge < -0.3 is 24.1 Å². The van der Waals surface area contributed by atoms with Gasteiger partial charge >= 0.3 is 23.9 Å². The van der Waals surface area contributed by atoms with E-state index in [-0.39, 0.29) is 41.8 Å². The number of ether oxygens (including phenoxy) is 4. The number of fused-ring (bicyclic) bond motifs is 2. The molecule has 0 radical (unpaired) electrons. The summed E-state index contributed by atoms with van der Waals surface area (Å²) < 4.78 is 25.4. The first-order valence-corrected chi connectivity index (χ1v) is 22.0. The molecule has 1 heterocycles. The molecule has 4 aliphatic rings. The van der Waals surface area contributed by atoms with Crippen LogP contribution in [0.1, 0.15) is 143 Å². The predicted molar refractivity (Wildman–Crippen MR) is 225 cm³/mol. The maximum atomic E-state index is 15.3. The van der Waals surface area contributed by atoms with E-state index in [2.05, 4.69) is 13.0 Å². The fourth-order valence-electron chi connectivity index (χ4n) is 11.0. The number of phenols is 1. The first-order valence-electron chi connectivity index (χ1n) is 22.0. The lowest BCUT2D eigenvalue weighted by molar-refractivity contribution is -0.201. The van der Waals surface area contributed by atoms with Gasteiger partial charge in [-0.2, -0.15) is 0 Å². The molecule has 0 amide bonds.